The number of morpholine rings is 1. The number of amides is 1. The van der Waals surface area contributed by atoms with Crippen molar-refractivity contribution in [2.24, 2.45) is 0 Å². The van der Waals surface area contributed by atoms with Crippen LogP contribution in [-0.2, 0) is 14.6 Å². The van der Waals surface area contributed by atoms with E-state index < -0.39 is 21.7 Å². The molecule has 24 heavy (non-hydrogen) atoms. The molecule has 1 aliphatic rings. The number of halogens is 1. The number of nitrogens with one attached hydrogen (secondary N) is 1. The van der Waals surface area contributed by atoms with Crippen LogP contribution in [0.4, 0.5) is 4.39 Å². The summed E-state index contributed by atoms with van der Waals surface area (Å²) in [6.45, 7) is 0.784. The van der Waals surface area contributed by atoms with Gasteiger partial charge in [-0.15, -0.1) is 0 Å². The zero-order valence-corrected chi connectivity index (χ0v) is 13.7. The summed E-state index contributed by atoms with van der Waals surface area (Å²) in [4.78, 5) is 14.3. The zero-order valence-electron chi connectivity index (χ0n) is 12.9. The van der Waals surface area contributed by atoms with Gasteiger partial charge in [0.2, 0.25) is 0 Å². The van der Waals surface area contributed by atoms with Crippen LogP contribution in [0.25, 0.3) is 0 Å². The van der Waals surface area contributed by atoms with Gasteiger partial charge >= 0.3 is 0 Å². The van der Waals surface area contributed by atoms with Crippen LogP contribution in [0.5, 0.6) is 0 Å². The normalized spacial score (nSPS) is 18.6. The molecule has 0 spiro atoms. The number of benzene rings is 1. The highest BCUT2D eigenvalue weighted by molar-refractivity contribution is 7.90. The highest BCUT2D eigenvalue weighted by Crippen LogP contribution is 2.29. The van der Waals surface area contributed by atoms with Gasteiger partial charge in [0.05, 0.1) is 31.1 Å². The molecule has 0 radical (unpaired) electrons. The van der Waals surface area contributed by atoms with Crippen LogP contribution in [0.2, 0.25) is 0 Å². The van der Waals surface area contributed by atoms with Gasteiger partial charge in [-0.3, -0.25) is 9.89 Å². The van der Waals surface area contributed by atoms with E-state index >= 15 is 0 Å². The van der Waals surface area contributed by atoms with E-state index in [0.29, 0.717) is 24.4 Å². The summed E-state index contributed by atoms with van der Waals surface area (Å²) in [5, 5.41) is 6.46. The van der Waals surface area contributed by atoms with E-state index in [1.165, 1.54) is 35.4 Å². The number of sulfone groups is 1. The molecule has 2 heterocycles. The van der Waals surface area contributed by atoms with E-state index in [4.69, 9.17) is 4.74 Å². The van der Waals surface area contributed by atoms with Crippen molar-refractivity contribution in [2.45, 2.75) is 10.9 Å². The van der Waals surface area contributed by atoms with Gasteiger partial charge in [0.15, 0.2) is 9.84 Å². The van der Waals surface area contributed by atoms with Crippen LogP contribution in [0.15, 0.2) is 35.4 Å². The lowest BCUT2D eigenvalue weighted by Crippen LogP contribution is -2.44. The van der Waals surface area contributed by atoms with Gasteiger partial charge in [0, 0.05) is 18.4 Å². The van der Waals surface area contributed by atoms with Crippen molar-refractivity contribution in [2.75, 3.05) is 26.0 Å². The maximum atomic E-state index is 13.1. The lowest BCUT2D eigenvalue weighted by molar-refractivity contribution is -0.00468. The van der Waals surface area contributed by atoms with Crippen molar-refractivity contribution in [1.82, 2.24) is 15.1 Å². The van der Waals surface area contributed by atoms with Crippen LogP contribution in [0.3, 0.4) is 0 Å². The Balaban J connectivity index is 1.96. The first-order valence-electron chi connectivity index (χ1n) is 7.25. The van der Waals surface area contributed by atoms with Crippen molar-refractivity contribution < 1.29 is 22.3 Å². The molecular formula is C15H16FN3O4S. The van der Waals surface area contributed by atoms with Crippen LogP contribution < -0.4 is 0 Å². The molecule has 1 atom stereocenters. The summed E-state index contributed by atoms with van der Waals surface area (Å²) in [6, 6.07) is 4.61. The van der Waals surface area contributed by atoms with Gasteiger partial charge in [-0.2, -0.15) is 5.10 Å². The third kappa shape index (κ3) is 3.17. The third-order valence-corrected chi connectivity index (χ3v) is 4.97. The van der Waals surface area contributed by atoms with E-state index in [1.807, 2.05) is 0 Å². The maximum Gasteiger partial charge on any atom is 0.254 e. The minimum atomic E-state index is -3.50. The molecule has 1 N–H and O–H groups in total. The van der Waals surface area contributed by atoms with Crippen molar-refractivity contribution in [3.05, 3.63) is 47.5 Å². The second kappa shape index (κ2) is 6.33. The van der Waals surface area contributed by atoms with Crippen molar-refractivity contribution in [1.29, 1.82) is 0 Å². The minimum absolute atomic E-state index is 0.0370. The molecule has 1 aliphatic heterocycles. The molecule has 0 saturated carbocycles. The Morgan fingerprint density at radius 3 is 2.75 bits per heavy atom. The van der Waals surface area contributed by atoms with Crippen LogP contribution in [0.1, 0.15) is 22.1 Å². The Labute approximate surface area is 138 Å². The molecule has 1 amide bonds. The molecule has 1 saturated heterocycles. The van der Waals surface area contributed by atoms with Gasteiger partial charge in [-0.25, -0.2) is 12.8 Å². The fourth-order valence-corrected chi connectivity index (χ4v) is 3.49. The molecule has 1 fully saturated rings. The van der Waals surface area contributed by atoms with E-state index in [9.17, 15) is 17.6 Å². The molecule has 1 aromatic heterocycles. The minimum Gasteiger partial charge on any atom is -0.377 e. The number of carbonyl (C=O) groups excluding carboxylic acids is 1. The molecule has 0 aliphatic carbocycles. The Kier molecular flexibility index (Phi) is 4.37. The Bertz CT molecular complexity index is 848. The summed E-state index contributed by atoms with van der Waals surface area (Å²) in [7, 11) is -3.50. The highest BCUT2D eigenvalue weighted by Gasteiger charge is 2.33. The summed E-state index contributed by atoms with van der Waals surface area (Å²) in [5.41, 5.74) is 0.636. The number of ether oxygens (including phenoxy) is 1. The average Bonchev–Trinajstić information content (AvgIpc) is 3.05. The van der Waals surface area contributed by atoms with Gasteiger partial charge in [0.25, 0.3) is 5.91 Å². The number of H-pyrrole nitrogens is 1. The summed E-state index contributed by atoms with van der Waals surface area (Å²) >= 11 is 0. The summed E-state index contributed by atoms with van der Waals surface area (Å²) in [5.74, 6) is -0.754. The first kappa shape index (κ1) is 16.6. The average molecular weight is 353 g/mol. The number of hydrogen-bond donors (Lipinski definition) is 1. The molecular weight excluding hydrogens is 337 g/mol. The van der Waals surface area contributed by atoms with Crippen molar-refractivity contribution >= 4 is 15.7 Å². The SMILES string of the molecule is CS(=O)(=O)c1cn[nH]c1[C@@H]1COCCN1C(=O)c1ccc(F)cc1. The smallest absolute Gasteiger partial charge is 0.254 e. The van der Waals surface area contributed by atoms with E-state index in [1.54, 1.807) is 0 Å². The standard InChI is InChI=1S/C15H16FN3O4S/c1-24(21,22)13-8-17-18-14(13)12-9-23-7-6-19(12)15(20)10-2-4-11(16)5-3-10/h2-5,8,12H,6-7,9H2,1H3,(H,17,18)/t12-/m0/s1. The second-order valence-electron chi connectivity index (χ2n) is 5.52. The molecule has 0 bridgehead atoms. The topological polar surface area (TPSA) is 92.4 Å². The highest BCUT2D eigenvalue weighted by atomic mass is 32.2. The molecule has 1 aromatic carbocycles. The number of rotatable bonds is 3. The van der Waals surface area contributed by atoms with Gasteiger partial charge < -0.3 is 9.64 Å². The molecule has 2 aromatic rings. The fourth-order valence-electron chi connectivity index (χ4n) is 2.66. The van der Waals surface area contributed by atoms with E-state index in [0.717, 1.165) is 6.26 Å². The third-order valence-electron chi connectivity index (χ3n) is 3.85. The van der Waals surface area contributed by atoms with Gasteiger partial charge in [-0.1, -0.05) is 0 Å². The van der Waals surface area contributed by atoms with Crippen molar-refractivity contribution in [3.8, 4) is 0 Å². The van der Waals surface area contributed by atoms with Crippen molar-refractivity contribution in [3.63, 3.8) is 0 Å². The quantitative estimate of drug-likeness (QED) is 0.894. The monoisotopic (exact) mass is 353 g/mol. The molecule has 9 heteroatoms. The predicted octanol–water partition coefficient (Wildman–Crippen LogP) is 1.17. The Hall–Kier alpha value is -2.26. The molecule has 128 valence electrons. The second-order valence-corrected chi connectivity index (χ2v) is 7.50. The Morgan fingerprint density at radius 1 is 1.38 bits per heavy atom. The maximum absolute atomic E-state index is 13.1. The first-order chi connectivity index (χ1) is 11.4. The van der Waals surface area contributed by atoms with Crippen LogP contribution >= 0.6 is 0 Å². The first-order valence-corrected chi connectivity index (χ1v) is 9.14. The van der Waals surface area contributed by atoms with Gasteiger partial charge in [-0.05, 0) is 24.3 Å². The van der Waals surface area contributed by atoms with E-state index in [2.05, 4.69) is 10.2 Å². The number of aromatic amines is 1. The molecule has 7 nitrogen and oxygen atoms in total. The zero-order chi connectivity index (χ0) is 17.3. The Morgan fingerprint density at radius 2 is 2.08 bits per heavy atom. The summed E-state index contributed by atoms with van der Waals surface area (Å²) in [6.07, 6.45) is 2.30. The lowest BCUT2D eigenvalue weighted by atomic mass is 10.1. The predicted molar refractivity (Wildman–Crippen MR) is 82.7 cm³/mol. The lowest BCUT2D eigenvalue weighted by Gasteiger charge is -2.35. The van der Waals surface area contributed by atoms with Crippen LogP contribution in [0, 0.1) is 5.82 Å². The molecule has 0 unspecified atom stereocenters. The van der Waals surface area contributed by atoms with Gasteiger partial charge in [0.1, 0.15) is 10.7 Å². The number of carbonyl (C=O) groups is 1. The number of aromatic nitrogens is 2. The number of nitrogens with zero attached hydrogens (tertiary/aromatic N) is 2. The van der Waals surface area contributed by atoms with E-state index in [-0.39, 0.29) is 17.4 Å². The fraction of sp³-hybridized carbons (Fsp3) is 0.333. The largest absolute Gasteiger partial charge is 0.377 e. The summed E-state index contributed by atoms with van der Waals surface area (Å²) < 4.78 is 42.3. The molecule has 3 rings (SSSR count). The number of hydrogen-bond acceptors (Lipinski definition) is 5. The van der Waals surface area contributed by atoms with Crippen LogP contribution in [-0.4, -0.2) is 55.4 Å².